The minimum Gasteiger partial charge on any atom is -0.326 e. The Balaban J connectivity index is 2.01. The van der Waals surface area contributed by atoms with Crippen molar-refractivity contribution in [3.05, 3.63) is 59.1 Å². The molecule has 0 bridgehead atoms. The molecule has 1 amide bonds. The fourth-order valence-electron chi connectivity index (χ4n) is 1.91. The molecule has 116 valence electrons. The van der Waals surface area contributed by atoms with Crippen molar-refractivity contribution in [1.29, 1.82) is 0 Å². The second kappa shape index (κ2) is 6.94. The molecule has 0 aliphatic rings. The summed E-state index contributed by atoms with van der Waals surface area (Å²) in [6.07, 6.45) is 0.176. The van der Waals surface area contributed by atoms with Crippen molar-refractivity contribution in [3.8, 4) is 0 Å². The van der Waals surface area contributed by atoms with E-state index in [0.717, 1.165) is 5.56 Å². The van der Waals surface area contributed by atoms with E-state index < -0.39 is 9.84 Å². The van der Waals surface area contributed by atoms with Crippen LogP contribution < -0.4 is 5.32 Å². The number of hydrogen-bond acceptors (Lipinski definition) is 3. The molecule has 4 nitrogen and oxygen atoms in total. The summed E-state index contributed by atoms with van der Waals surface area (Å²) in [5.74, 6) is -0.114. The number of hydrogen-bond donors (Lipinski definition) is 1. The minimum atomic E-state index is -3.21. The molecule has 0 saturated heterocycles. The molecule has 0 heterocycles. The molecule has 2 aromatic carbocycles. The average Bonchev–Trinajstić information content (AvgIpc) is 2.50. The highest BCUT2D eigenvalue weighted by Gasteiger charge is 2.11. The number of nitrogens with one attached hydrogen (secondary N) is 1. The summed E-state index contributed by atoms with van der Waals surface area (Å²) in [6, 6.07) is 13.2. The van der Waals surface area contributed by atoms with Crippen LogP contribution in [0.3, 0.4) is 0 Å². The van der Waals surface area contributed by atoms with E-state index in [-0.39, 0.29) is 23.0 Å². The van der Waals surface area contributed by atoms with Crippen molar-refractivity contribution in [2.45, 2.75) is 18.2 Å². The van der Waals surface area contributed by atoms with E-state index in [1.165, 1.54) is 12.1 Å². The van der Waals surface area contributed by atoms with E-state index in [1.54, 1.807) is 43.3 Å². The Bertz CT molecular complexity index is 753. The molecule has 2 rings (SSSR count). The van der Waals surface area contributed by atoms with Gasteiger partial charge >= 0.3 is 0 Å². The second-order valence-corrected chi connectivity index (χ2v) is 7.49. The second-order valence-electron chi connectivity index (χ2n) is 4.78. The molecule has 0 spiro atoms. The summed E-state index contributed by atoms with van der Waals surface area (Å²) in [6.45, 7) is 1.60. The first-order valence-corrected chi connectivity index (χ1v) is 8.81. The summed E-state index contributed by atoms with van der Waals surface area (Å²) >= 11 is 5.78. The number of benzene rings is 2. The van der Waals surface area contributed by atoms with E-state index in [2.05, 4.69) is 5.32 Å². The van der Waals surface area contributed by atoms with Crippen molar-refractivity contribution >= 4 is 33.0 Å². The number of carbonyl (C=O) groups is 1. The van der Waals surface area contributed by atoms with E-state index in [4.69, 9.17) is 11.6 Å². The molecular weight excluding hydrogens is 322 g/mol. The van der Waals surface area contributed by atoms with Gasteiger partial charge in [-0.05, 0) is 42.0 Å². The first kappa shape index (κ1) is 16.5. The van der Waals surface area contributed by atoms with Crippen molar-refractivity contribution in [2.75, 3.05) is 11.1 Å². The number of anilines is 1. The van der Waals surface area contributed by atoms with Gasteiger partial charge < -0.3 is 5.32 Å². The molecule has 0 aliphatic heterocycles. The number of sulfone groups is 1. The van der Waals surface area contributed by atoms with E-state index in [9.17, 15) is 13.2 Å². The standard InChI is InChI=1S/C16H16ClNO3S/c1-2-22(20,21)15-9-3-12(4-10-15)11-16(19)18-14-7-5-13(17)6-8-14/h3-10H,2,11H2,1H3,(H,18,19). The largest absolute Gasteiger partial charge is 0.326 e. The molecular formula is C16H16ClNO3S. The number of halogens is 1. The van der Waals surface area contributed by atoms with Crippen LogP contribution in [0.5, 0.6) is 0 Å². The summed E-state index contributed by atoms with van der Waals surface area (Å²) < 4.78 is 23.4. The molecule has 0 fully saturated rings. The van der Waals surface area contributed by atoms with Gasteiger partial charge in [-0.15, -0.1) is 0 Å². The molecule has 2 aromatic rings. The van der Waals surface area contributed by atoms with Gasteiger partial charge in [-0.3, -0.25) is 4.79 Å². The predicted octanol–water partition coefficient (Wildman–Crippen LogP) is 3.31. The lowest BCUT2D eigenvalue weighted by molar-refractivity contribution is -0.115. The lowest BCUT2D eigenvalue weighted by atomic mass is 10.1. The van der Waals surface area contributed by atoms with Crippen LogP contribution in [-0.4, -0.2) is 20.1 Å². The molecule has 0 aliphatic carbocycles. The fraction of sp³-hybridized carbons (Fsp3) is 0.188. The first-order valence-electron chi connectivity index (χ1n) is 6.78. The van der Waals surface area contributed by atoms with Gasteiger partial charge in [0.05, 0.1) is 17.1 Å². The third-order valence-electron chi connectivity index (χ3n) is 3.16. The number of rotatable bonds is 5. The molecule has 1 N–H and O–H groups in total. The third-order valence-corrected chi connectivity index (χ3v) is 5.16. The Labute approximate surface area is 135 Å². The van der Waals surface area contributed by atoms with Gasteiger partial charge in [-0.25, -0.2) is 8.42 Å². The van der Waals surface area contributed by atoms with E-state index in [1.807, 2.05) is 0 Å². The minimum absolute atomic E-state index is 0.0589. The van der Waals surface area contributed by atoms with Crippen LogP contribution in [0.1, 0.15) is 12.5 Å². The summed E-state index contributed by atoms with van der Waals surface area (Å²) in [5, 5.41) is 3.36. The number of amides is 1. The smallest absolute Gasteiger partial charge is 0.228 e. The van der Waals surface area contributed by atoms with Gasteiger partial charge in [0, 0.05) is 10.7 Å². The van der Waals surface area contributed by atoms with Gasteiger partial charge in [-0.2, -0.15) is 0 Å². The maximum Gasteiger partial charge on any atom is 0.228 e. The SMILES string of the molecule is CCS(=O)(=O)c1ccc(CC(=O)Nc2ccc(Cl)cc2)cc1. The zero-order valence-corrected chi connectivity index (χ0v) is 13.6. The van der Waals surface area contributed by atoms with Crippen LogP contribution in [0, 0.1) is 0 Å². The van der Waals surface area contributed by atoms with Gasteiger partial charge in [-0.1, -0.05) is 30.7 Å². The molecule has 0 unspecified atom stereocenters. The molecule has 0 radical (unpaired) electrons. The van der Waals surface area contributed by atoms with Crippen molar-refractivity contribution < 1.29 is 13.2 Å². The van der Waals surface area contributed by atoms with Crippen LogP contribution >= 0.6 is 11.6 Å². The predicted molar refractivity (Wildman–Crippen MR) is 88.0 cm³/mol. The van der Waals surface area contributed by atoms with Crippen LogP contribution in [0.25, 0.3) is 0 Å². The Morgan fingerprint density at radius 2 is 1.64 bits per heavy atom. The van der Waals surface area contributed by atoms with Crippen molar-refractivity contribution in [1.82, 2.24) is 0 Å². The van der Waals surface area contributed by atoms with Crippen LogP contribution in [0.4, 0.5) is 5.69 Å². The highest BCUT2D eigenvalue weighted by Crippen LogP contribution is 2.15. The van der Waals surface area contributed by atoms with Gasteiger partial charge in [0.25, 0.3) is 0 Å². The Morgan fingerprint density at radius 1 is 1.05 bits per heavy atom. The zero-order valence-electron chi connectivity index (χ0n) is 12.0. The number of carbonyl (C=O) groups excluding carboxylic acids is 1. The quantitative estimate of drug-likeness (QED) is 0.910. The normalized spacial score (nSPS) is 11.2. The molecule has 0 atom stereocenters. The molecule has 6 heteroatoms. The summed E-state index contributed by atoms with van der Waals surface area (Å²) in [7, 11) is -3.21. The topological polar surface area (TPSA) is 63.2 Å². The highest BCUT2D eigenvalue weighted by atomic mass is 35.5. The summed E-state index contributed by atoms with van der Waals surface area (Å²) in [4.78, 5) is 12.2. The van der Waals surface area contributed by atoms with Gasteiger partial charge in [0.15, 0.2) is 9.84 Å². The Kier molecular flexibility index (Phi) is 5.21. The first-order chi connectivity index (χ1) is 10.4. The van der Waals surface area contributed by atoms with Crippen LogP contribution in [-0.2, 0) is 21.1 Å². The van der Waals surface area contributed by atoms with Crippen molar-refractivity contribution in [2.24, 2.45) is 0 Å². The monoisotopic (exact) mass is 337 g/mol. The van der Waals surface area contributed by atoms with Crippen molar-refractivity contribution in [3.63, 3.8) is 0 Å². The lowest BCUT2D eigenvalue weighted by Gasteiger charge is -2.06. The Hall–Kier alpha value is -1.85. The molecule has 0 aromatic heterocycles. The maximum atomic E-state index is 11.9. The maximum absolute atomic E-state index is 11.9. The van der Waals surface area contributed by atoms with Gasteiger partial charge in [0.2, 0.25) is 5.91 Å². The van der Waals surface area contributed by atoms with Crippen LogP contribution in [0.15, 0.2) is 53.4 Å². The zero-order chi connectivity index (χ0) is 16.2. The van der Waals surface area contributed by atoms with Gasteiger partial charge in [0.1, 0.15) is 0 Å². The molecule has 0 saturated carbocycles. The lowest BCUT2D eigenvalue weighted by Crippen LogP contribution is -2.14. The highest BCUT2D eigenvalue weighted by molar-refractivity contribution is 7.91. The Morgan fingerprint density at radius 3 is 2.18 bits per heavy atom. The third kappa shape index (κ3) is 4.32. The molecule has 22 heavy (non-hydrogen) atoms. The van der Waals surface area contributed by atoms with Crippen LogP contribution in [0.2, 0.25) is 5.02 Å². The van der Waals surface area contributed by atoms with E-state index in [0.29, 0.717) is 10.7 Å². The summed E-state index contributed by atoms with van der Waals surface area (Å²) in [5.41, 5.74) is 1.42. The fourth-order valence-corrected chi connectivity index (χ4v) is 2.92. The average molecular weight is 338 g/mol. The van der Waals surface area contributed by atoms with E-state index >= 15 is 0 Å².